The molecule has 0 saturated heterocycles. The fourth-order valence-electron chi connectivity index (χ4n) is 7.99. The highest BCUT2D eigenvalue weighted by molar-refractivity contribution is 6.96. The first kappa shape index (κ1) is 28.6. The highest BCUT2D eigenvalue weighted by Crippen LogP contribution is 2.38. The molecule has 0 radical (unpaired) electrons. The van der Waals surface area contributed by atoms with E-state index >= 15 is 0 Å². The first-order valence-corrected chi connectivity index (χ1v) is 17.3. The van der Waals surface area contributed by atoms with Crippen LogP contribution in [0.15, 0.2) is 188 Å². The van der Waals surface area contributed by atoms with Crippen molar-refractivity contribution in [3.8, 4) is 44.9 Å². The van der Waals surface area contributed by atoms with Crippen LogP contribution in [-0.2, 0) is 0 Å². The zero-order chi connectivity index (χ0) is 33.0. The van der Waals surface area contributed by atoms with Crippen molar-refractivity contribution in [3.05, 3.63) is 188 Å². The Morgan fingerprint density at radius 1 is 0.280 bits per heavy atom. The van der Waals surface area contributed by atoms with Crippen molar-refractivity contribution in [1.29, 1.82) is 0 Å². The molecule has 50 heavy (non-hydrogen) atoms. The molecule has 1 nitrogen and oxygen atoms in total. The predicted molar refractivity (Wildman–Crippen MR) is 213 cm³/mol. The molecule has 0 atom stereocenters. The Kier molecular flexibility index (Phi) is 6.67. The predicted octanol–water partition coefficient (Wildman–Crippen LogP) is 10.8. The van der Waals surface area contributed by atoms with E-state index < -0.39 is 0 Å². The molecule has 0 fully saturated rings. The molecule has 0 unspecified atom stereocenters. The van der Waals surface area contributed by atoms with Crippen LogP contribution in [0.25, 0.3) is 65.7 Å². The maximum Gasteiger partial charge on any atom is 0.250 e. The van der Waals surface area contributed by atoms with Crippen LogP contribution in [0.3, 0.4) is 0 Å². The number of benzene rings is 9. The van der Waals surface area contributed by atoms with Crippen molar-refractivity contribution >= 4 is 55.4 Å². The second-order valence-electron chi connectivity index (χ2n) is 13.2. The van der Waals surface area contributed by atoms with Gasteiger partial charge in [0.1, 0.15) is 11.5 Å². The van der Waals surface area contributed by atoms with Crippen LogP contribution < -0.4 is 21.1 Å². The van der Waals surface area contributed by atoms with Crippen molar-refractivity contribution in [2.75, 3.05) is 0 Å². The van der Waals surface area contributed by atoms with E-state index in [1.54, 1.807) is 0 Å². The number of rotatable bonds is 4. The van der Waals surface area contributed by atoms with E-state index in [9.17, 15) is 0 Å². The lowest BCUT2D eigenvalue weighted by molar-refractivity contribution is 0.487. The Morgan fingerprint density at radius 2 is 0.740 bits per heavy atom. The van der Waals surface area contributed by atoms with Crippen molar-refractivity contribution in [3.63, 3.8) is 0 Å². The molecule has 9 aromatic rings. The van der Waals surface area contributed by atoms with Gasteiger partial charge in [-0.2, -0.15) is 0 Å². The van der Waals surface area contributed by atoms with Gasteiger partial charge in [0.15, 0.2) is 0 Å². The third-order valence-electron chi connectivity index (χ3n) is 10.4. The first-order chi connectivity index (χ1) is 24.8. The van der Waals surface area contributed by atoms with Gasteiger partial charge in [0.2, 0.25) is 0 Å². The van der Waals surface area contributed by atoms with Crippen molar-refractivity contribution < 1.29 is 4.74 Å². The molecule has 0 saturated carbocycles. The summed E-state index contributed by atoms with van der Waals surface area (Å²) < 4.78 is 6.55. The number of para-hydroxylation sites is 1. The Balaban J connectivity index is 1.03. The number of hydrogen-bond acceptors (Lipinski definition) is 1. The number of ether oxygens (including phenoxy) is 1. The number of hydrogen-bond donors (Lipinski definition) is 0. The molecule has 0 N–H and O–H groups in total. The zero-order valence-electron chi connectivity index (χ0n) is 27.4. The van der Waals surface area contributed by atoms with Gasteiger partial charge in [-0.3, -0.25) is 0 Å². The van der Waals surface area contributed by atoms with Gasteiger partial charge in [-0.1, -0.05) is 163 Å². The molecule has 1 aliphatic heterocycles. The largest absolute Gasteiger partial charge is 0.458 e. The molecule has 232 valence electrons. The van der Waals surface area contributed by atoms with Gasteiger partial charge in [-0.15, -0.1) is 0 Å². The molecule has 10 rings (SSSR count). The zero-order valence-corrected chi connectivity index (χ0v) is 27.4. The molecule has 1 aliphatic rings. The van der Waals surface area contributed by atoms with Gasteiger partial charge < -0.3 is 4.74 Å². The van der Waals surface area contributed by atoms with Crippen molar-refractivity contribution in [2.45, 2.75) is 0 Å². The Labute approximate surface area is 292 Å². The lowest BCUT2D eigenvalue weighted by atomic mass is 9.36. The summed E-state index contributed by atoms with van der Waals surface area (Å²) in [6, 6.07) is 68.1. The highest BCUT2D eigenvalue weighted by atomic mass is 16.5. The summed E-state index contributed by atoms with van der Waals surface area (Å²) >= 11 is 0. The maximum absolute atomic E-state index is 6.55. The lowest BCUT2D eigenvalue weighted by Gasteiger charge is -2.27. The minimum atomic E-state index is 0.131. The summed E-state index contributed by atoms with van der Waals surface area (Å²) in [6.07, 6.45) is 0. The third-order valence-corrected chi connectivity index (χ3v) is 10.4. The fourth-order valence-corrected chi connectivity index (χ4v) is 7.99. The molecule has 0 aliphatic carbocycles. The van der Waals surface area contributed by atoms with E-state index in [0.29, 0.717) is 0 Å². The Bertz CT molecular complexity index is 2710. The normalized spacial score (nSPS) is 12.1. The summed E-state index contributed by atoms with van der Waals surface area (Å²) in [4.78, 5) is 0. The molecule has 0 bridgehead atoms. The summed E-state index contributed by atoms with van der Waals surface area (Å²) in [5, 5.41) is 7.77. The summed E-state index contributed by atoms with van der Waals surface area (Å²) in [6.45, 7) is 0.131. The molecule has 0 aromatic heterocycles. The molecule has 1 heterocycles. The summed E-state index contributed by atoms with van der Waals surface area (Å²) in [5.41, 5.74) is 10.8. The fraction of sp³-hybridized carbons (Fsp3) is 0. The molecule has 0 amide bonds. The van der Waals surface area contributed by atoms with Crippen LogP contribution in [-0.4, -0.2) is 6.71 Å². The van der Waals surface area contributed by atoms with Gasteiger partial charge in [0, 0.05) is 0 Å². The second-order valence-corrected chi connectivity index (χ2v) is 13.2. The minimum Gasteiger partial charge on any atom is -0.458 e. The molecular weight excluding hydrogens is 603 g/mol. The quantitative estimate of drug-likeness (QED) is 0.138. The van der Waals surface area contributed by atoms with E-state index in [-0.39, 0.29) is 6.71 Å². The second kappa shape index (κ2) is 11.6. The van der Waals surface area contributed by atoms with E-state index in [2.05, 4.69) is 188 Å². The van der Waals surface area contributed by atoms with Gasteiger partial charge >= 0.3 is 0 Å². The van der Waals surface area contributed by atoms with E-state index in [4.69, 9.17) is 4.74 Å². The Morgan fingerprint density at radius 3 is 1.38 bits per heavy atom. The smallest absolute Gasteiger partial charge is 0.250 e. The molecule has 0 spiro atoms. The van der Waals surface area contributed by atoms with Crippen molar-refractivity contribution in [1.82, 2.24) is 0 Å². The SMILES string of the molecule is c1ccc(B2c3ccccc3Oc3cc(-c4cccc(-c5cccc(-c6ccc7c8ccccc8c8ccccc8c7c6)c5)c4)ccc32)cc1. The van der Waals surface area contributed by atoms with Gasteiger partial charge in [0.05, 0.1) is 0 Å². The Hall–Kier alpha value is -6.38. The number of fused-ring (bicyclic) bond motifs is 8. The van der Waals surface area contributed by atoms with Crippen molar-refractivity contribution in [2.24, 2.45) is 0 Å². The van der Waals surface area contributed by atoms with E-state index in [1.807, 2.05) is 0 Å². The van der Waals surface area contributed by atoms with Gasteiger partial charge in [-0.05, 0) is 107 Å². The highest BCUT2D eigenvalue weighted by Gasteiger charge is 2.32. The maximum atomic E-state index is 6.55. The third kappa shape index (κ3) is 4.72. The minimum absolute atomic E-state index is 0.131. The first-order valence-electron chi connectivity index (χ1n) is 17.3. The van der Waals surface area contributed by atoms with Gasteiger partial charge in [0.25, 0.3) is 6.71 Å². The van der Waals surface area contributed by atoms with Crippen LogP contribution >= 0.6 is 0 Å². The van der Waals surface area contributed by atoms with Crippen LogP contribution in [0.1, 0.15) is 0 Å². The van der Waals surface area contributed by atoms with E-state index in [0.717, 1.165) is 17.1 Å². The molecule has 9 aromatic carbocycles. The average molecular weight is 635 g/mol. The summed E-state index contributed by atoms with van der Waals surface area (Å²) in [5.74, 6) is 1.84. The monoisotopic (exact) mass is 634 g/mol. The van der Waals surface area contributed by atoms with E-state index in [1.165, 1.54) is 76.5 Å². The lowest BCUT2D eigenvalue weighted by Crippen LogP contribution is -2.54. The van der Waals surface area contributed by atoms with Gasteiger partial charge in [-0.25, -0.2) is 0 Å². The van der Waals surface area contributed by atoms with Crippen LogP contribution in [0, 0.1) is 0 Å². The van der Waals surface area contributed by atoms with Crippen LogP contribution in [0.5, 0.6) is 11.5 Å². The standard InChI is InChI=1S/C48H31BO/c1-2-16-38(17-3-1)49-45-22-8-9-23-47(45)50-48-31-37(25-27-46(48)49)35-15-11-13-33(29-35)32-12-10-14-34(28-32)36-24-26-43-41-20-5-4-18-39(41)40-19-6-7-21-42(40)44(43)30-36/h1-31H. The average Bonchev–Trinajstić information content (AvgIpc) is 3.20. The topological polar surface area (TPSA) is 9.23 Å². The van der Waals surface area contributed by atoms with Crippen LogP contribution in [0.4, 0.5) is 0 Å². The molecule has 2 heteroatoms. The molecular formula is C48H31BO. The van der Waals surface area contributed by atoms with Crippen LogP contribution in [0.2, 0.25) is 0 Å². The summed E-state index contributed by atoms with van der Waals surface area (Å²) in [7, 11) is 0.